The summed E-state index contributed by atoms with van der Waals surface area (Å²) in [7, 11) is 1.57. The fourth-order valence-corrected chi connectivity index (χ4v) is 6.14. The van der Waals surface area contributed by atoms with E-state index < -0.39 is 12.0 Å². The molecule has 0 bridgehead atoms. The summed E-state index contributed by atoms with van der Waals surface area (Å²) < 4.78 is 13.3. The van der Waals surface area contributed by atoms with Crippen LogP contribution in [0.3, 0.4) is 0 Å². The fourth-order valence-electron chi connectivity index (χ4n) is 4.54. The molecule has 0 saturated carbocycles. The molecular weight excluding hydrogens is 570 g/mol. The van der Waals surface area contributed by atoms with Crippen LogP contribution in [-0.2, 0) is 9.53 Å². The SMILES string of the molecule is CCOC(=O)C1=C(C)N=c2s/c(=C/c3ccc(N(CC)CC)cc3O)c(=O)n2[C@@H]1c1ccc(OC)c(Br)c1. The third-order valence-corrected chi connectivity index (χ3v) is 8.04. The molecule has 0 aliphatic carbocycles. The van der Waals surface area contributed by atoms with E-state index >= 15 is 0 Å². The van der Waals surface area contributed by atoms with Crippen molar-refractivity contribution in [2.75, 3.05) is 31.7 Å². The molecule has 10 heteroatoms. The molecule has 1 atom stereocenters. The Morgan fingerprint density at radius 2 is 1.95 bits per heavy atom. The zero-order chi connectivity index (χ0) is 27.6. The average Bonchev–Trinajstić information content (AvgIpc) is 3.19. The van der Waals surface area contributed by atoms with Gasteiger partial charge in [-0.2, -0.15) is 0 Å². The normalized spacial score (nSPS) is 15.2. The highest BCUT2D eigenvalue weighted by molar-refractivity contribution is 9.10. The van der Waals surface area contributed by atoms with Crippen LogP contribution in [0.2, 0.25) is 0 Å². The van der Waals surface area contributed by atoms with Gasteiger partial charge in [-0.25, -0.2) is 9.79 Å². The van der Waals surface area contributed by atoms with Gasteiger partial charge < -0.3 is 19.5 Å². The van der Waals surface area contributed by atoms with E-state index in [9.17, 15) is 14.7 Å². The molecule has 0 saturated heterocycles. The first-order valence-corrected chi connectivity index (χ1v) is 14.0. The Hall–Kier alpha value is -3.37. The number of aromatic nitrogens is 1. The molecule has 0 fully saturated rings. The number of ether oxygens (including phenoxy) is 2. The van der Waals surface area contributed by atoms with Gasteiger partial charge in [-0.15, -0.1) is 0 Å². The maximum atomic E-state index is 13.8. The quantitative estimate of drug-likeness (QED) is 0.391. The lowest BCUT2D eigenvalue weighted by atomic mass is 9.96. The number of esters is 1. The second kappa shape index (κ2) is 11.6. The average molecular weight is 601 g/mol. The Morgan fingerprint density at radius 3 is 2.55 bits per heavy atom. The van der Waals surface area contributed by atoms with Gasteiger partial charge in [0.15, 0.2) is 4.80 Å². The number of methoxy groups -OCH3 is 1. The number of aromatic hydroxyl groups is 1. The molecule has 1 N–H and O–H groups in total. The van der Waals surface area contributed by atoms with Gasteiger partial charge in [0.2, 0.25) is 0 Å². The molecule has 0 spiro atoms. The first-order chi connectivity index (χ1) is 18.2. The Bertz CT molecular complexity index is 1590. The van der Waals surface area contributed by atoms with Crippen LogP contribution in [0.1, 0.15) is 44.9 Å². The Morgan fingerprint density at radius 1 is 1.21 bits per heavy atom. The summed E-state index contributed by atoms with van der Waals surface area (Å²) >= 11 is 4.73. The Labute approximate surface area is 233 Å². The summed E-state index contributed by atoms with van der Waals surface area (Å²) in [4.78, 5) is 34.1. The van der Waals surface area contributed by atoms with Gasteiger partial charge in [0.05, 0.1) is 40.0 Å². The van der Waals surface area contributed by atoms with Gasteiger partial charge in [0.25, 0.3) is 5.56 Å². The Kier molecular flexibility index (Phi) is 8.42. The van der Waals surface area contributed by atoms with Crippen molar-refractivity contribution in [3.05, 3.63) is 83.0 Å². The number of thiazole rings is 1. The van der Waals surface area contributed by atoms with Crippen molar-refractivity contribution in [2.45, 2.75) is 33.7 Å². The van der Waals surface area contributed by atoms with Gasteiger partial charge in [-0.1, -0.05) is 17.4 Å². The second-order valence-corrected chi connectivity index (χ2v) is 10.5. The zero-order valence-electron chi connectivity index (χ0n) is 21.9. The second-order valence-electron chi connectivity index (χ2n) is 8.61. The van der Waals surface area contributed by atoms with Gasteiger partial charge in [-0.05, 0) is 79.5 Å². The van der Waals surface area contributed by atoms with Crippen molar-refractivity contribution in [1.82, 2.24) is 4.57 Å². The summed E-state index contributed by atoms with van der Waals surface area (Å²) in [5.41, 5.74) is 2.61. The smallest absolute Gasteiger partial charge is 0.338 e. The molecule has 38 heavy (non-hydrogen) atoms. The number of nitrogens with zero attached hydrogens (tertiary/aromatic N) is 3. The number of carbonyl (C=O) groups is 1. The molecule has 8 nitrogen and oxygen atoms in total. The molecule has 0 radical (unpaired) electrons. The summed E-state index contributed by atoms with van der Waals surface area (Å²) in [6.07, 6.45) is 1.66. The molecule has 3 aromatic rings. The van der Waals surface area contributed by atoms with Crippen molar-refractivity contribution in [1.29, 1.82) is 0 Å². The zero-order valence-corrected chi connectivity index (χ0v) is 24.4. The van der Waals surface area contributed by atoms with E-state index in [0.717, 1.165) is 18.8 Å². The molecule has 0 amide bonds. The summed E-state index contributed by atoms with van der Waals surface area (Å²) in [5.74, 6) is 0.187. The highest BCUT2D eigenvalue weighted by Crippen LogP contribution is 2.35. The fraction of sp³-hybridized carbons (Fsp3) is 0.321. The van der Waals surface area contributed by atoms with Gasteiger partial charge >= 0.3 is 5.97 Å². The van der Waals surface area contributed by atoms with Crippen LogP contribution in [0.15, 0.2) is 61.9 Å². The molecular formula is C28H30BrN3O5S. The van der Waals surface area contributed by atoms with E-state index in [2.05, 4.69) is 39.7 Å². The molecule has 2 aromatic carbocycles. The molecule has 1 aromatic heterocycles. The third-order valence-electron chi connectivity index (χ3n) is 6.44. The van der Waals surface area contributed by atoms with Crippen LogP contribution < -0.4 is 24.5 Å². The number of halogens is 1. The number of hydrogen-bond donors (Lipinski definition) is 1. The number of allylic oxidation sites excluding steroid dienone is 1. The van der Waals surface area contributed by atoms with E-state index in [4.69, 9.17) is 9.47 Å². The van der Waals surface area contributed by atoms with E-state index in [1.165, 1.54) is 15.9 Å². The molecule has 1 aliphatic heterocycles. The monoisotopic (exact) mass is 599 g/mol. The maximum absolute atomic E-state index is 13.8. The first-order valence-electron chi connectivity index (χ1n) is 12.3. The van der Waals surface area contributed by atoms with Crippen LogP contribution in [0.25, 0.3) is 6.08 Å². The van der Waals surface area contributed by atoms with Crippen LogP contribution in [-0.4, -0.2) is 42.4 Å². The number of phenols is 1. The summed E-state index contributed by atoms with van der Waals surface area (Å²) in [6, 6.07) is 10.1. The number of carbonyl (C=O) groups excluding carboxylic acids is 1. The highest BCUT2D eigenvalue weighted by Gasteiger charge is 2.33. The summed E-state index contributed by atoms with van der Waals surface area (Å²) in [5, 5.41) is 10.7. The number of hydrogen-bond acceptors (Lipinski definition) is 8. The van der Waals surface area contributed by atoms with Crippen LogP contribution in [0, 0.1) is 0 Å². The van der Waals surface area contributed by atoms with Crippen molar-refractivity contribution in [3.8, 4) is 11.5 Å². The number of benzene rings is 2. The van der Waals surface area contributed by atoms with E-state index in [1.807, 2.05) is 18.2 Å². The predicted octanol–water partition coefficient (Wildman–Crippen LogP) is 4.12. The minimum absolute atomic E-state index is 0.0827. The highest BCUT2D eigenvalue weighted by atomic mass is 79.9. The minimum Gasteiger partial charge on any atom is -0.507 e. The van der Waals surface area contributed by atoms with Crippen molar-refractivity contribution >= 4 is 45.0 Å². The first kappa shape index (κ1) is 27.7. The molecule has 4 rings (SSSR count). The largest absolute Gasteiger partial charge is 0.507 e. The predicted molar refractivity (Wildman–Crippen MR) is 153 cm³/mol. The van der Waals surface area contributed by atoms with Crippen LogP contribution in [0.4, 0.5) is 5.69 Å². The third kappa shape index (κ3) is 5.15. The van der Waals surface area contributed by atoms with Crippen LogP contribution >= 0.6 is 27.3 Å². The summed E-state index contributed by atoms with van der Waals surface area (Å²) in [6.45, 7) is 9.42. The van der Waals surface area contributed by atoms with Crippen molar-refractivity contribution in [2.24, 2.45) is 4.99 Å². The van der Waals surface area contributed by atoms with Crippen molar-refractivity contribution < 1.29 is 19.4 Å². The van der Waals surface area contributed by atoms with Gasteiger partial charge in [0.1, 0.15) is 11.5 Å². The number of rotatable bonds is 8. The van der Waals surface area contributed by atoms with Crippen LogP contribution in [0.5, 0.6) is 11.5 Å². The van der Waals surface area contributed by atoms with Gasteiger partial charge in [-0.3, -0.25) is 9.36 Å². The number of fused-ring (bicyclic) bond motifs is 1. The molecule has 2 heterocycles. The lowest BCUT2D eigenvalue weighted by Crippen LogP contribution is -2.40. The van der Waals surface area contributed by atoms with E-state index in [0.29, 0.717) is 42.0 Å². The van der Waals surface area contributed by atoms with E-state index in [-0.39, 0.29) is 17.9 Å². The van der Waals surface area contributed by atoms with Gasteiger partial charge in [0, 0.05) is 30.4 Å². The molecule has 200 valence electrons. The molecule has 0 unspecified atom stereocenters. The number of anilines is 1. The standard InChI is InChI=1S/C28H30BrN3O5S/c1-6-31(7-2)19-11-9-17(21(33)15-19)14-23-26(34)32-25(18-10-12-22(36-5)20(29)13-18)24(27(35)37-8-3)16(4)30-28(32)38-23/h9-15,25,33H,6-8H2,1-5H3/b23-14+/t25-/m1/s1. The lowest BCUT2D eigenvalue weighted by molar-refractivity contribution is -0.139. The van der Waals surface area contributed by atoms with E-state index in [1.54, 1.807) is 45.2 Å². The maximum Gasteiger partial charge on any atom is 0.338 e. The Balaban J connectivity index is 1.90. The minimum atomic E-state index is -0.742. The topological polar surface area (TPSA) is 93.4 Å². The lowest BCUT2D eigenvalue weighted by Gasteiger charge is -2.25. The van der Waals surface area contributed by atoms with Crippen molar-refractivity contribution in [3.63, 3.8) is 0 Å². The molecule has 1 aliphatic rings. The number of phenolic OH excluding ortho intramolecular Hbond substituents is 1.